The first-order chi connectivity index (χ1) is 7.96. The van der Waals surface area contributed by atoms with E-state index in [4.69, 9.17) is 11.6 Å². The second-order valence-corrected chi connectivity index (χ2v) is 5.83. The van der Waals surface area contributed by atoms with Crippen molar-refractivity contribution in [2.75, 3.05) is 11.9 Å². The second-order valence-electron chi connectivity index (χ2n) is 5.42. The predicted molar refractivity (Wildman–Crippen MR) is 74.7 cm³/mol. The van der Waals surface area contributed by atoms with Crippen molar-refractivity contribution in [1.29, 1.82) is 0 Å². The summed E-state index contributed by atoms with van der Waals surface area (Å²) in [6.45, 7) is 7.45. The van der Waals surface area contributed by atoms with E-state index in [-0.39, 0.29) is 5.41 Å². The number of nitrogens with zero attached hydrogens (tertiary/aromatic N) is 1. The minimum atomic E-state index is 0.233. The van der Waals surface area contributed by atoms with Gasteiger partial charge in [-0.15, -0.1) is 0 Å². The Kier molecular flexibility index (Phi) is 3.25. The molecule has 1 aromatic heterocycles. The lowest BCUT2D eigenvalue weighted by Crippen LogP contribution is -2.19. The Morgan fingerprint density at radius 3 is 2.65 bits per heavy atom. The third-order valence-corrected chi connectivity index (χ3v) is 2.78. The Hall–Kier alpha value is -1.28. The van der Waals surface area contributed by atoms with Gasteiger partial charge in [-0.3, -0.25) is 0 Å². The number of nitrogens with one attached hydrogen (secondary N) is 1. The van der Waals surface area contributed by atoms with Gasteiger partial charge in [-0.05, 0) is 23.6 Å². The zero-order valence-electron chi connectivity index (χ0n) is 10.4. The summed E-state index contributed by atoms with van der Waals surface area (Å²) in [5.41, 5.74) is 1.09. The van der Waals surface area contributed by atoms with Crippen LogP contribution in [-0.2, 0) is 0 Å². The van der Waals surface area contributed by atoms with Crippen molar-refractivity contribution in [3.63, 3.8) is 0 Å². The summed E-state index contributed by atoms with van der Waals surface area (Å²) in [4.78, 5) is 4.53. The fourth-order valence-corrected chi connectivity index (χ4v) is 1.79. The van der Waals surface area contributed by atoms with Gasteiger partial charge in [-0.25, -0.2) is 4.98 Å². The number of rotatable bonds is 2. The highest BCUT2D eigenvalue weighted by Crippen LogP contribution is 2.23. The number of hydrogen-bond acceptors (Lipinski definition) is 2. The molecule has 1 heterocycles. The largest absolute Gasteiger partial charge is 0.370 e. The maximum atomic E-state index is 6.13. The minimum absolute atomic E-state index is 0.233. The first kappa shape index (κ1) is 12.2. The van der Waals surface area contributed by atoms with Crippen molar-refractivity contribution in [2.45, 2.75) is 20.8 Å². The van der Waals surface area contributed by atoms with Crippen molar-refractivity contribution >= 4 is 28.3 Å². The maximum Gasteiger partial charge on any atom is 0.126 e. The van der Waals surface area contributed by atoms with E-state index in [1.807, 2.05) is 30.3 Å². The normalized spacial score (nSPS) is 11.8. The van der Waals surface area contributed by atoms with E-state index in [1.54, 1.807) is 0 Å². The van der Waals surface area contributed by atoms with Crippen LogP contribution in [0.15, 0.2) is 30.3 Å². The van der Waals surface area contributed by atoms with E-state index < -0.39 is 0 Å². The topological polar surface area (TPSA) is 24.9 Å². The smallest absolute Gasteiger partial charge is 0.126 e. The van der Waals surface area contributed by atoms with Crippen LogP contribution in [0.25, 0.3) is 10.9 Å². The van der Waals surface area contributed by atoms with Crippen LogP contribution in [0.2, 0.25) is 5.02 Å². The van der Waals surface area contributed by atoms with Gasteiger partial charge in [0.1, 0.15) is 5.82 Å². The van der Waals surface area contributed by atoms with Gasteiger partial charge in [-0.1, -0.05) is 44.5 Å². The van der Waals surface area contributed by atoms with E-state index in [0.717, 1.165) is 23.3 Å². The number of para-hydroxylation sites is 1. The summed E-state index contributed by atoms with van der Waals surface area (Å²) in [6, 6.07) is 9.85. The van der Waals surface area contributed by atoms with E-state index >= 15 is 0 Å². The number of pyridine rings is 1. The summed E-state index contributed by atoms with van der Waals surface area (Å²) in [5.74, 6) is 0.875. The Bertz CT molecular complexity index is 529. The molecular formula is C14H17ClN2. The minimum Gasteiger partial charge on any atom is -0.370 e. The molecule has 0 atom stereocenters. The van der Waals surface area contributed by atoms with E-state index in [9.17, 15) is 0 Å². The Balaban J connectivity index is 2.28. The molecule has 0 aliphatic carbocycles. The van der Waals surface area contributed by atoms with Gasteiger partial charge in [0.2, 0.25) is 0 Å². The molecule has 3 heteroatoms. The van der Waals surface area contributed by atoms with E-state index in [2.05, 4.69) is 31.1 Å². The lowest BCUT2D eigenvalue weighted by atomic mass is 9.97. The molecule has 1 aromatic carbocycles. The van der Waals surface area contributed by atoms with E-state index in [0.29, 0.717) is 5.02 Å². The van der Waals surface area contributed by atoms with Gasteiger partial charge in [0.15, 0.2) is 0 Å². The third kappa shape index (κ3) is 3.10. The van der Waals surface area contributed by atoms with Gasteiger partial charge in [-0.2, -0.15) is 0 Å². The average molecular weight is 249 g/mol. The summed E-state index contributed by atoms with van der Waals surface area (Å²) in [7, 11) is 0. The molecule has 0 bridgehead atoms. The molecule has 0 aliphatic rings. The molecule has 0 unspecified atom stereocenters. The number of benzene rings is 1. The van der Waals surface area contributed by atoms with Gasteiger partial charge >= 0.3 is 0 Å². The lowest BCUT2D eigenvalue weighted by Gasteiger charge is -2.19. The maximum absolute atomic E-state index is 6.13. The van der Waals surface area contributed by atoms with Gasteiger partial charge in [0.05, 0.1) is 10.5 Å². The van der Waals surface area contributed by atoms with Crippen LogP contribution in [0.5, 0.6) is 0 Å². The molecule has 2 aromatic rings. The lowest BCUT2D eigenvalue weighted by molar-refractivity contribution is 0.442. The molecule has 0 saturated heterocycles. The van der Waals surface area contributed by atoms with Crippen LogP contribution in [0.3, 0.4) is 0 Å². The van der Waals surface area contributed by atoms with Crippen LogP contribution < -0.4 is 5.32 Å². The molecule has 0 spiro atoms. The third-order valence-electron chi connectivity index (χ3n) is 2.47. The SMILES string of the molecule is CC(C)(C)CNc1ccc2cccc(Cl)c2n1. The number of aromatic nitrogens is 1. The quantitative estimate of drug-likeness (QED) is 0.855. The molecule has 17 heavy (non-hydrogen) atoms. The van der Waals surface area contributed by atoms with E-state index in [1.165, 1.54) is 0 Å². The van der Waals surface area contributed by atoms with Gasteiger partial charge in [0.25, 0.3) is 0 Å². The van der Waals surface area contributed by atoms with Gasteiger partial charge in [0, 0.05) is 11.9 Å². The van der Waals surface area contributed by atoms with Crippen molar-refractivity contribution < 1.29 is 0 Å². The van der Waals surface area contributed by atoms with Crippen molar-refractivity contribution in [1.82, 2.24) is 4.98 Å². The van der Waals surface area contributed by atoms with Crippen LogP contribution >= 0.6 is 11.6 Å². The molecule has 1 N–H and O–H groups in total. The average Bonchev–Trinajstić information content (AvgIpc) is 2.26. The second kappa shape index (κ2) is 4.53. The molecule has 2 rings (SSSR count). The van der Waals surface area contributed by atoms with Crippen LogP contribution in [-0.4, -0.2) is 11.5 Å². The van der Waals surface area contributed by atoms with Crippen LogP contribution in [0.4, 0.5) is 5.82 Å². The first-order valence-corrected chi connectivity index (χ1v) is 6.13. The summed E-state index contributed by atoms with van der Waals surface area (Å²) in [5, 5.41) is 5.10. The highest BCUT2D eigenvalue weighted by atomic mass is 35.5. The fourth-order valence-electron chi connectivity index (χ4n) is 1.57. The van der Waals surface area contributed by atoms with Crippen molar-refractivity contribution in [3.8, 4) is 0 Å². The predicted octanol–water partition coefficient (Wildman–Crippen LogP) is 4.35. The summed E-state index contributed by atoms with van der Waals surface area (Å²) in [6.07, 6.45) is 0. The first-order valence-electron chi connectivity index (χ1n) is 5.75. The molecule has 0 saturated carbocycles. The summed E-state index contributed by atoms with van der Waals surface area (Å²) < 4.78 is 0. The molecule has 0 amide bonds. The summed E-state index contributed by atoms with van der Waals surface area (Å²) >= 11 is 6.13. The Labute approximate surface area is 107 Å². The molecule has 2 nitrogen and oxygen atoms in total. The highest BCUT2D eigenvalue weighted by molar-refractivity contribution is 6.35. The van der Waals surface area contributed by atoms with Crippen LogP contribution in [0, 0.1) is 5.41 Å². The fraction of sp³-hybridized carbons (Fsp3) is 0.357. The monoisotopic (exact) mass is 248 g/mol. The zero-order chi connectivity index (χ0) is 12.5. The molecular weight excluding hydrogens is 232 g/mol. The molecule has 0 aliphatic heterocycles. The molecule has 90 valence electrons. The number of anilines is 1. The number of fused-ring (bicyclic) bond motifs is 1. The van der Waals surface area contributed by atoms with Gasteiger partial charge < -0.3 is 5.32 Å². The number of halogens is 1. The highest BCUT2D eigenvalue weighted by Gasteiger charge is 2.10. The number of hydrogen-bond donors (Lipinski definition) is 1. The van der Waals surface area contributed by atoms with Crippen LogP contribution in [0.1, 0.15) is 20.8 Å². The van der Waals surface area contributed by atoms with Crippen molar-refractivity contribution in [2.24, 2.45) is 5.41 Å². The Morgan fingerprint density at radius 1 is 1.18 bits per heavy atom. The molecule has 0 fully saturated rings. The zero-order valence-corrected chi connectivity index (χ0v) is 11.2. The van der Waals surface area contributed by atoms with Crippen molar-refractivity contribution in [3.05, 3.63) is 35.4 Å². The molecule has 0 radical (unpaired) electrons. The standard InChI is InChI=1S/C14H17ClN2/c1-14(2,3)9-16-12-8-7-10-5-4-6-11(15)13(10)17-12/h4-8H,9H2,1-3H3,(H,16,17). The Morgan fingerprint density at radius 2 is 1.94 bits per heavy atom.